The van der Waals surface area contributed by atoms with Crippen LogP contribution in [-0.4, -0.2) is 47.9 Å². The number of ketones is 1. The van der Waals surface area contributed by atoms with Gasteiger partial charge in [-0.25, -0.2) is 9.78 Å². The van der Waals surface area contributed by atoms with Crippen LogP contribution in [0.3, 0.4) is 0 Å². The molecule has 2 saturated heterocycles. The molecule has 0 atom stereocenters. The normalized spacial score (nSPS) is 17.4. The summed E-state index contributed by atoms with van der Waals surface area (Å²) >= 11 is 0. The van der Waals surface area contributed by atoms with Crippen molar-refractivity contribution in [1.29, 1.82) is 0 Å². The van der Waals surface area contributed by atoms with Crippen LogP contribution in [0.15, 0.2) is 48.7 Å². The number of likely N-dealkylation sites (tertiary alicyclic amines) is 1. The monoisotopic (exact) mass is 392 g/mol. The van der Waals surface area contributed by atoms with Crippen LogP contribution < -0.4 is 10.2 Å². The highest BCUT2D eigenvalue weighted by molar-refractivity contribution is 5.98. The molecular formula is C23H28N4O2. The lowest BCUT2D eigenvalue weighted by Gasteiger charge is -2.31. The molecule has 0 aliphatic carbocycles. The predicted molar refractivity (Wildman–Crippen MR) is 113 cm³/mol. The van der Waals surface area contributed by atoms with E-state index in [1.807, 2.05) is 47.5 Å². The summed E-state index contributed by atoms with van der Waals surface area (Å²) in [4.78, 5) is 33.7. The molecule has 29 heavy (non-hydrogen) atoms. The van der Waals surface area contributed by atoms with E-state index < -0.39 is 0 Å². The van der Waals surface area contributed by atoms with Crippen molar-refractivity contribution >= 4 is 17.6 Å². The van der Waals surface area contributed by atoms with Gasteiger partial charge in [0, 0.05) is 50.4 Å². The van der Waals surface area contributed by atoms with Gasteiger partial charge in [-0.05, 0) is 43.4 Å². The van der Waals surface area contributed by atoms with Crippen molar-refractivity contribution in [2.45, 2.75) is 32.2 Å². The number of pyridine rings is 1. The Bertz CT molecular complexity index is 841. The topological polar surface area (TPSA) is 65.5 Å². The Balaban J connectivity index is 1.26. The maximum atomic E-state index is 12.6. The van der Waals surface area contributed by atoms with Crippen molar-refractivity contribution in [3.05, 3.63) is 59.8 Å². The largest absolute Gasteiger partial charge is 0.357 e. The Morgan fingerprint density at radius 2 is 1.72 bits per heavy atom. The van der Waals surface area contributed by atoms with E-state index in [1.165, 1.54) is 12.8 Å². The second kappa shape index (κ2) is 9.07. The summed E-state index contributed by atoms with van der Waals surface area (Å²) in [6.45, 7) is 3.83. The molecule has 2 fully saturated rings. The lowest BCUT2D eigenvalue weighted by molar-refractivity contribution is 0.0854. The van der Waals surface area contributed by atoms with Gasteiger partial charge in [-0.2, -0.15) is 0 Å². The number of hydrogen-bond donors (Lipinski definition) is 1. The van der Waals surface area contributed by atoms with E-state index in [0.717, 1.165) is 42.9 Å². The molecule has 0 bridgehead atoms. The second-order valence-corrected chi connectivity index (χ2v) is 7.87. The van der Waals surface area contributed by atoms with E-state index in [9.17, 15) is 9.59 Å². The maximum absolute atomic E-state index is 12.6. The summed E-state index contributed by atoms with van der Waals surface area (Å²) in [5.41, 5.74) is 1.83. The lowest BCUT2D eigenvalue weighted by Crippen LogP contribution is -2.45. The predicted octanol–water partition coefficient (Wildman–Crippen LogP) is 3.49. The average Bonchev–Trinajstić information content (AvgIpc) is 3.33. The minimum absolute atomic E-state index is 0.00432. The molecule has 2 aliphatic rings. The third-order valence-corrected chi connectivity index (χ3v) is 5.89. The quantitative estimate of drug-likeness (QED) is 0.791. The van der Waals surface area contributed by atoms with E-state index in [4.69, 9.17) is 0 Å². The van der Waals surface area contributed by atoms with Crippen LogP contribution in [0, 0.1) is 5.92 Å². The number of anilines is 1. The van der Waals surface area contributed by atoms with Crippen LogP contribution in [0.1, 0.15) is 41.6 Å². The smallest absolute Gasteiger partial charge is 0.317 e. The lowest BCUT2D eigenvalue weighted by atomic mass is 9.89. The molecule has 0 spiro atoms. The number of carbonyl (C=O) groups is 2. The van der Waals surface area contributed by atoms with Crippen LogP contribution in [0.4, 0.5) is 10.6 Å². The molecule has 1 aromatic carbocycles. The molecule has 2 aliphatic heterocycles. The fourth-order valence-corrected chi connectivity index (χ4v) is 4.16. The highest BCUT2D eigenvalue weighted by atomic mass is 16.2. The number of Topliss-reactive ketones (excluding diaryl/α,β-unsaturated/α-hetero) is 1. The molecule has 3 heterocycles. The number of benzene rings is 1. The second-order valence-electron chi connectivity index (χ2n) is 7.87. The molecule has 2 aromatic rings. The minimum atomic E-state index is -0.0601. The summed E-state index contributed by atoms with van der Waals surface area (Å²) in [5.74, 6) is 1.19. The average molecular weight is 393 g/mol. The van der Waals surface area contributed by atoms with E-state index in [-0.39, 0.29) is 17.7 Å². The molecule has 0 radical (unpaired) electrons. The third kappa shape index (κ3) is 4.75. The zero-order valence-corrected chi connectivity index (χ0v) is 16.7. The number of nitrogens with one attached hydrogen (secondary N) is 1. The summed E-state index contributed by atoms with van der Waals surface area (Å²) in [6, 6.07) is 13.4. The van der Waals surface area contributed by atoms with Crippen LogP contribution in [-0.2, 0) is 6.54 Å². The SMILES string of the molecule is O=C(c1ccccc1)C1CCN(C(=O)NCc2ccnc(N3CCCC3)c2)CC1. The summed E-state index contributed by atoms with van der Waals surface area (Å²) in [5, 5.41) is 3.02. The van der Waals surface area contributed by atoms with Crippen molar-refractivity contribution in [1.82, 2.24) is 15.2 Å². The first kappa shape index (κ1) is 19.4. The number of carbonyl (C=O) groups excluding carboxylic acids is 2. The highest BCUT2D eigenvalue weighted by Gasteiger charge is 2.27. The zero-order valence-electron chi connectivity index (χ0n) is 16.7. The number of rotatable bonds is 5. The zero-order chi connectivity index (χ0) is 20.1. The molecule has 152 valence electrons. The number of piperidine rings is 1. The number of hydrogen-bond acceptors (Lipinski definition) is 4. The molecule has 1 aromatic heterocycles. The number of amides is 2. The van der Waals surface area contributed by atoms with Crippen LogP contribution in [0.2, 0.25) is 0 Å². The summed E-state index contributed by atoms with van der Waals surface area (Å²) < 4.78 is 0. The van der Waals surface area contributed by atoms with Crippen molar-refractivity contribution in [3.63, 3.8) is 0 Å². The molecule has 0 saturated carbocycles. The minimum Gasteiger partial charge on any atom is -0.357 e. The molecule has 2 amide bonds. The van der Waals surface area contributed by atoms with Crippen LogP contribution >= 0.6 is 0 Å². The van der Waals surface area contributed by atoms with Gasteiger partial charge in [0.05, 0.1) is 0 Å². The Morgan fingerprint density at radius 3 is 2.45 bits per heavy atom. The van der Waals surface area contributed by atoms with Gasteiger partial charge < -0.3 is 15.1 Å². The van der Waals surface area contributed by atoms with Gasteiger partial charge >= 0.3 is 6.03 Å². The van der Waals surface area contributed by atoms with Crippen molar-refractivity contribution in [2.24, 2.45) is 5.92 Å². The highest BCUT2D eigenvalue weighted by Crippen LogP contribution is 2.22. The number of urea groups is 1. The Morgan fingerprint density at radius 1 is 1.00 bits per heavy atom. The summed E-state index contributed by atoms with van der Waals surface area (Å²) in [7, 11) is 0. The Hall–Kier alpha value is -2.89. The fourth-order valence-electron chi connectivity index (χ4n) is 4.16. The van der Waals surface area contributed by atoms with Crippen molar-refractivity contribution in [2.75, 3.05) is 31.1 Å². The first-order chi connectivity index (χ1) is 14.2. The van der Waals surface area contributed by atoms with Crippen LogP contribution in [0.25, 0.3) is 0 Å². The third-order valence-electron chi connectivity index (χ3n) is 5.89. The van der Waals surface area contributed by atoms with E-state index in [1.54, 1.807) is 0 Å². The summed E-state index contributed by atoms with van der Waals surface area (Å²) in [6.07, 6.45) is 5.68. The Kier molecular flexibility index (Phi) is 6.08. The standard InChI is InChI=1S/C23H28N4O2/c28-22(19-6-2-1-3-7-19)20-9-14-27(15-10-20)23(29)25-17-18-8-11-24-21(16-18)26-12-4-5-13-26/h1-3,6-8,11,16,20H,4-5,9-10,12-15,17H2,(H,25,29). The molecule has 4 rings (SSSR count). The van der Waals surface area contributed by atoms with Gasteiger partial charge in [0.15, 0.2) is 5.78 Å². The van der Waals surface area contributed by atoms with E-state index in [2.05, 4.69) is 21.3 Å². The first-order valence-electron chi connectivity index (χ1n) is 10.5. The first-order valence-corrected chi connectivity index (χ1v) is 10.5. The maximum Gasteiger partial charge on any atom is 0.317 e. The van der Waals surface area contributed by atoms with Gasteiger partial charge in [0.2, 0.25) is 0 Å². The molecular weight excluding hydrogens is 364 g/mol. The Labute approximate surface area is 171 Å². The molecule has 1 N–H and O–H groups in total. The van der Waals surface area contributed by atoms with Gasteiger partial charge in [0.1, 0.15) is 5.82 Å². The number of nitrogens with zero attached hydrogens (tertiary/aromatic N) is 3. The van der Waals surface area contributed by atoms with Gasteiger partial charge in [-0.15, -0.1) is 0 Å². The molecule has 0 unspecified atom stereocenters. The van der Waals surface area contributed by atoms with E-state index >= 15 is 0 Å². The van der Waals surface area contributed by atoms with E-state index in [0.29, 0.717) is 19.6 Å². The fraction of sp³-hybridized carbons (Fsp3) is 0.435. The van der Waals surface area contributed by atoms with Crippen LogP contribution in [0.5, 0.6) is 0 Å². The van der Waals surface area contributed by atoms with Gasteiger partial charge in [-0.1, -0.05) is 30.3 Å². The molecule has 6 heteroatoms. The van der Waals surface area contributed by atoms with Gasteiger partial charge in [0.25, 0.3) is 0 Å². The molecule has 6 nitrogen and oxygen atoms in total. The van der Waals surface area contributed by atoms with Crippen molar-refractivity contribution < 1.29 is 9.59 Å². The van der Waals surface area contributed by atoms with Gasteiger partial charge in [-0.3, -0.25) is 4.79 Å². The number of aromatic nitrogens is 1. The van der Waals surface area contributed by atoms with Crippen molar-refractivity contribution in [3.8, 4) is 0 Å².